The molecule has 2 fully saturated rings. The van der Waals surface area contributed by atoms with Crippen molar-refractivity contribution in [1.82, 2.24) is 9.80 Å². The minimum Gasteiger partial charge on any atom is -0.448 e. The molecule has 0 spiro atoms. The van der Waals surface area contributed by atoms with Crippen molar-refractivity contribution >= 4 is 12.2 Å². The number of hydrogen-bond donors (Lipinski definition) is 0. The summed E-state index contributed by atoms with van der Waals surface area (Å²) in [5.74, 6) is 0.224. The fourth-order valence-electron chi connectivity index (χ4n) is 2.80. The largest absolute Gasteiger partial charge is 0.448 e. The lowest BCUT2D eigenvalue weighted by Crippen LogP contribution is -2.52. The van der Waals surface area contributed by atoms with Crippen molar-refractivity contribution in [2.75, 3.05) is 26.2 Å². The third-order valence-corrected chi connectivity index (χ3v) is 3.70. The number of carbonyl (C=O) groups excluding carboxylic acids is 2. The second-order valence-electron chi connectivity index (χ2n) is 6.57. The van der Waals surface area contributed by atoms with Crippen LogP contribution in [0.15, 0.2) is 0 Å². The van der Waals surface area contributed by atoms with Gasteiger partial charge in [-0.05, 0) is 33.1 Å². The van der Waals surface area contributed by atoms with Crippen molar-refractivity contribution in [3.05, 3.63) is 0 Å². The Bertz CT molecular complexity index is 391. The Morgan fingerprint density at radius 2 is 2.05 bits per heavy atom. The zero-order valence-corrected chi connectivity index (χ0v) is 12.7. The first kappa shape index (κ1) is 14.9. The molecule has 2 heterocycles. The normalized spacial score (nSPS) is 27.5. The molecule has 2 aliphatic rings. The van der Waals surface area contributed by atoms with Crippen LogP contribution in [0, 0.1) is 5.92 Å². The summed E-state index contributed by atoms with van der Waals surface area (Å²) in [6.07, 6.45) is 0.273. The summed E-state index contributed by atoms with van der Waals surface area (Å²) in [7, 11) is 0. The monoisotopic (exact) mass is 284 g/mol. The highest BCUT2D eigenvalue weighted by Gasteiger charge is 2.38. The molecule has 0 radical (unpaired) electrons. The van der Waals surface area contributed by atoms with Gasteiger partial charge in [0.15, 0.2) is 0 Å². The van der Waals surface area contributed by atoms with Gasteiger partial charge in [-0.2, -0.15) is 0 Å². The van der Waals surface area contributed by atoms with E-state index in [4.69, 9.17) is 9.47 Å². The molecule has 114 valence electrons. The van der Waals surface area contributed by atoms with Crippen LogP contribution < -0.4 is 0 Å². The van der Waals surface area contributed by atoms with Crippen LogP contribution in [0.25, 0.3) is 0 Å². The Hall–Kier alpha value is -1.46. The van der Waals surface area contributed by atoms with E-state index in [1.807, 2.05) is 20.8 Å². The number of ether oxygens (including phenoxy) is 2. The third kappa shape index (κ3) is 3.35. The molecule has 2 aliphatic heterocycles. The molecule has 0 N–H and O–H groups in total. The molecule has 2 unspecified atom stereocenters. The molecular formula is C14H24N2O4. The minimum atomic E-state index is -0.476. The molecule has 0 aliphatic carbocycles. The maximum Gasteiger partial charge on any atom is 0.410 e. The van der Waals surface area contributed by atoms with Crippen molar-refractivity contribution in [2.24, 2.45) is 5.92 Å². The molecule has 0 aromatic heterocycles. The van der Waals surface area contributed by atoms with E-state index in [-0.39, 0.29) is 24.1 Å². The van der Waals surface area contributed by atoms with Gasteiger partial charge < -0.3 is 19.3 Å². The fraction of sp³-hybridized carbons (Fsp3) is 0.857. The minimum absolute atomic E-state index is 0.156. The first-order valence-corrected chi connectivity index (χ1v) is 7.19. The number of cyclic esters (lactones) is 1. The molecule has 2 rings (SSSR count). The van der Waals surface area contributed by atoms with E-state index in [0.717, 1.165) is 6.42 Å². The summed E-state index contributed by atoms with van der Waals surface area (Å²) in [6.45, 7) is 10.0. The molecular weight excluding hydrogens is 260 g/mol. The first-order chi connectivity index (χ1) is 9.28. The van der Waals surface area contributed by atoms with Crippen LogP contribution in [0.3, 0.4) is 0 Å². The van der Waals surface area contributed by atoms with E-state index in [2.05, 4.69) is 6.92 Å². The van der Waals surface area contributed by atoms with Gasteiger partial charge in [-0.3, -0.25) is 0 Å². The predicted molar refractivity (Wildman–Crippen MR) is 73.4 cm³/mol. The van der Waals surface area contributed by atoms with Gasteiger partial charge in [0.25, 0.3) is 0 Å². The lowest BCUT2D eigenvalue weighted by molar-refractivity contribution is 0.00876. The number of amides is 2. The van der Waals surface area contributed by atoms with Crippen LogP contribution in [-0.4, -0.2) is 59.9 Å². The van der Waals surface area contributed by atoms with E-state index < -0.39 is 5.60 Å². The number of hydrogen-bond acceptors (Lipinski definition) is 4. The summed E-state index contributed by atoms with van der Waals surface area (Å²) >= 11 is 0. The predicted octanol–water partition coefficient (Wildman–Crippen LogP) is 2.08. The highest BCUT2D eigenvalue weighted by molar-refractivity contribution is 5.70. The molecule has 0 aromatic rings. The third-order valence-electron chi connectivity index (χ3n) is 3.70. The van der Waals surface area contributed by atoms with Crippen LogP contribution in [-0.2, 0) is 9.47 Å². The molecule has 0 saturated carbocycles. The van der Waals surface area contributed by atoms with E-state index in [1.54, 1.807) is 9.80 Å². The molecule has 0 bridgehead atoms. The van der Waals surface area contributed by atoms with Gasteiger partial charge in [0, 0.05) is 19.1 Å². The maximum atomic E-state index is 12.1. The van der Waals surface area contributed by atoms with Gasteiger partial charge in [0.1, 0.15) is 12.2 Å². The van der Waals surface area contributed by atoms with Gasteiger partial charge in [-0.1, -0.05) is 6.92 Å². The molecule has 2 amide bonds. The van der Waals surface area contributed by atoms with Gasteiger partial charge in [-0.15, -0.1) is 0 Å². The number of rotatable bonds is 1. The van der Waals surface area contributed by atoms with Crippen molar-refractivity contribution < 1.29 is 19.1 Å². The van der Waals surface area contributed by atoms with Crippen molar-refractivity contribution in [3.8, 4) is 0 Å². The summed E-state index contributed by atoms with van der Waals surface area (Å²) in [6, 6.07) is 0.156. The van der Waals surface area contributed by atoms with Crippen LogP contribution in [0.4, 0.5) is 9.59 Å². The first-order valence-electron chi connectivity index (χ1n) is 7.19. The average molecular weight is 284 g/mol. The number of likely N-dealkylation sites (tertiary alicyclic amines) is 1. The highest BCUT2D eigenvalue weighted by Crippen LogP contribution is 2.25. The Labute approximate surface area is 120 Å². The zero-order valence-electron chi connectivity index (χ0n) is 12.7. The molecule has 20 heavy (non-hydrogen) atoms. The Morgan fingerprint density at radius 3 is 2.55 bits per heavy atom. The van der Waals surface area contributed by atoms with Crippen LogP contribution in [0.2, 0.25) is 0 Å². The van der Waals surface area contributed by atoms with Crippen LogP contribution in [0.5, 0.6) is 0 Å². The summed E-state index contributed by atoms with van der Waals surface area (Å²) in [5.41, 5.74) is -0.476. The lowest BCUT2D eigenvalue weighted by atomic mass is 9.93. The number of piperidine rings is 1. The smallest absolute Gasteiger partial charge is 0.410 e. The van der Waals surface area contributed by atoms with Gasteiger partial charge in [0.05, 0.1) is 6.54 Å². The Kier molecular flexibility index (Phi) is 4.11. The van der Waals surface area contributed by atoms with Crippen LogP contribution >= 0.6 is 0 Å². The quantitative estimate of drug-likeness (QED) is 0.739. The maximum absolute atomic E-state index is 12.1. The molecule has 0 aromatic carbocycles. The van der Waals surface area contributed by atoms with E-state index in [9.17, 15) is 9.59 Å². The molecule has 2 atom stereocenters. The number of carbonyl (C=O) groups is 2. The Balaban J connectivity index is 1.92. The summed E-state index contributed by atoms with van der Waals surface area (Å²) in [4.78, 5) is 27.2. The average Bonchev–Trinajstić information content (AvgIpc) is 2.73. The van der Waals surface area contributed by atoms with Crippen molar-refractivity contribution in [2.45, 2.75) is 45.8 Å². The van der Waals surface area contributed by atoms with Gasteiger partial charge in [-0.25, -0.2) is 9.59 Å². The number of nitrogens with zero attached hydrogens (tertiary/aromatic N) is 2. The van der Waals surface area contributed by atoms with Crippen molar-refractivity contribution in [1.29, 1.82) is 0 Å². The summed E-state index contributed by atoms with van der Waals surface area (Å²) in [5, 5.41) is 0. The zero-order chi connectivity index (χ0) is 14.9. The summed E-state index contributed by atoms with van der Waals surface area (Å²) < 4.78 is 10.4. The molecule has 6 heteroatoms. The van der Waals surface area contributed by atoms with E-state index in [0.29, 0.717) is 26.2 Å². The standard InChI is InChI=1S/C14H24N2O4/c1-10-9-15(12(17)20-14(2,3)4)6-5-11(10)16-7-8-19-13(16)18/h10-11H,5-9H2,1-4H3. The SMILES string of the molecule is CC1CN(C(=O)OC(C)(C)C)CCC1N1CCOC1=O. The fourth-order valence-corrected chi connectivity index (χ4v) is 2.80. The molecule has 2 saturated heterocycles. The lowest BCUT2D eigenvalue weighted by Gasteiger charge is -2.40. The van der Waals surface area contributed by atoms with E-state index >= 15 is 0 Å². The van der Waals surface area contributed by atoms with Gasteiger partial charge in [0.2, 0.25) is 0 Å². The topological polar surface area (TPSA) is 59.1 Å². The second-order valence-corrected chi connectivity index (χ2v) is 6.57. The van der Waals surface area contributed by atoms with Crippen LogP contribution in [0.1, 0.15) is 34.1 Å². The van der Waals surface area contributed by atoms with Gasteiger partial charge >= 0.3 is 12.2 Å². The highest BCUT2D eigenvalue weighted by atomic mass is 16.6. The van der Waals surface area contributed by atoms with Crippen molar-refractivity contribution in [3.63, 3.8) is 0 Å². The Morgan fingerprint density at radius 1 is 1.35 bits per heavy atom. The second kappa shape index (κ2) is 5.50. The van der Waals surface area contributed by atoms with E-state index in [1.165, 1.54) is 0 Å². The molecule has 6 nitrogen and oxygen atoms in total.